The van der Waals surface area contributed by atoms with Gasteiger partial charge in [0.25, 0.3) is 0 Å². The molecule has 0 fully saturated rings. The molecule has 0 spiro atoms. The molecule has 3 rings (SSSR count). The third-order valence-corrected chi connectivity index (χ3v) is 7.66. The first-order valence-corrected chi connectivity index (χ1v) is 15.1. The smallest absolute Gasteiger partial charge is 0.243 e. The number of amides is 2. The van der Waals surface area contributed by atoms with Crippen LogP contribution in [0.15, 0.2) is 72.8 Å². The largest absolute Gasteiger partial charge is 0.354 e. The summed E-state index contributed by atoms with van der Waals surface area (Å²) in [4.78, 5) is 28.3. The second-order valence-corrected chi connectivity index (χ2v) is 11.6. The molecule has 1 atom stereocenters. The van der Waals surface area contributed by atoms with Crippen molar-refractivity contribution in [2.24, 2.45) is 0 Å². The van der Waals surface area contributed by atoms with Crippen molar-refractivity contribution in [3.63, 3.8) is 0 Å². The summed E-state index contributed by atoms with van der Waals surface area (Å²) in [6.45, 7) is 1.91. The van der Waals surface area contributed by atoms with Crippen molar-refractivity contribution in [1.82, 2.24) is 10.2 Å². The summed E-state index contributed by atoms with van der Waals surface area (Å²) in [7, 11) is -3.90. The molecule has 11 heteroatoms. The van der Waals surface area contributed by atoms with Crippen molar-refractivity contribution in [3.05, 3.63) is 101 Å². The van der Waals surface area contributed by atoms with Gasteiger partial charge in [0.2, 0.25) is 21.8 Å². The minimum Gasteiger partial charge on any atom is -0.354 e. The third-order valence-electron chi connectivity index (χ3n) is 6.46. The molecular weight excluding hydrogens is 555 g/mol. The first kappa shape index (κ1) is 31.7. The van der Waals surface area contributed by atoms with Crippen LogP contribution < -0.4 is 9.62 Å². The number of nitrogens with zero attached hydrogens (tertiary/aromatic N) is 2. The summed E-state index contributed by atoms with van der Waals surface area (Å²) in [5.41, 5.74) is 0.946. The average Bonchev–Trinajstić information content (AvgIpc) is 2.94. The molecule has 0 unspecified atom stereocenters. The fourth-order valence-corrected chi connectivity index (χ4v) is 5.33. The number of anilines is 1. The number of hydrogen-bond donors (Lipinski definition) is 1. The van der Waals surface area contributed by atoms with Crippen LogP contribution in [0.4, 0.5) is 18.9 Å². The Kier molecular flexibility index (Phi) is 11.3. The molecule has 0 saturated heterocycles. The van der Waals surface area contributed by atoms with Gasteiger partial charge in [-0.3, -0.25) is 13.9 Å². The number of rotatable bonds is 14. The number of benzene rings is 3. The Hall–Kier alpha value is -3.86. The average molecular weight is 590 g/mol. The first-order chi connectivity index (χ1) is 19.5. The third kappa shape index (κ3) is 9.07. The number of nitrogens with one attached hydrogen (secondary N) is 1. The minimum atomic E-state index is -3.90. The molecule has 0 radical (unpaired) electrons. The molecule has 2 amide bonds. The zero-order valence-electron chi connectivity index (χ0n) is 23.0. The summed E-state index contributed by atoms with van der Waals surface area (Å²) in [6.07, 6.45) is 1.61. The highest BCUT2D eigenvalue weighted by atomic mass is 32.2. The molecule has 0 aliphatic carbocycles. The van der Waals surface area contributed by atoms with Crippen molar-refractivity contribution < 1.29 is 31.2 Å². The van der Waals surface area contributed by atoms with E-state index < -0.39 is 39.4 Å². The minimum absolute atomic E-state index is 0.00725. The maximum absolute atomic E-state index is 14.7. The zero-order chi connectivity index (χ0) is 30.0. The van der Waals surface area contributed by atoms with Crippen LogP contribution in [0.1, 0.15) is 37.3 Å². The number of sulfonamides is 1. The fraction of sp³-hybridized carbons (Fsp3) is 0.333. The van der Waals surface area contributed by atoms with Gasteiger partial charge in [0, 0.05) is 44.1 Å². The van der Waals surface area contributed by atoms with Gasteiger partial charge in [0.05, 0.1) is 11.9 Å². The molecule has 3 aromatic carbocycles. The molecule has 7 nitrogen and oxygen atoms in total. The second-order valence-electron chi connectivity index (χ2n) is 9.65. The lowest BCUT2D eigenvalue weighted by Gasteiger charge is -2.32. The second kappa shape index (κ2) is 14.7. The Bertz CT molecular complexity index is 1440. The fourth-order valence-electron chi connectivity index (χ4n) is 4.37. The van der Waals surface area contributed by atoms with Gasteiger partial charge in [-0.2, -0.15) is 0 Å². The van der Waals surface area contributed by atoms with Crippen molar-refractivity contribution in [2.45, 2.75) is 45.2 Å². The van der Waals surface area contributed by atoms with E-state index in [2.05, 4.69) is 5.32 Å². The monoisotopic (exact) mass is 589 g/mol. The van der Waals surface area contributed by atoms with Crippen LogP contribution in [0.2, 0.25) is 0 Å². The first-order valence-electron chi connectivity index (χ1n) is 13.3. The number of carbonyl (C=O) groups is 2. The van der Waals surface area contributed by atoms with E-state index in [4.69, 9.17) is 0 Å². The molecule has 0 aliphatic rings. The van der Waals surface area contributed by atoms with Gasteiger partial charge in [-0.15, -0.1) is 0 Å². The van der Waals surface area contributed by atoms with Crippen molar-refractivity contribution in [2.75, 3.05) is 23.7 Å². The van der Waals surface area contributed by atoms with E-state index in [1.807, 2.05) is 37.3 Å². The topological polar surface area (TPSA) is 86.8 Å². The quantitative estimate of drug-likeness (QED) is 0.292. The molecule has 1 N–H and O–H groups in total. The van der Waals surface area contributed by atoms with E-state index >= 15 is 0 Å². The van der Waals surface area contributed by atoms with Crippen LogP contribution >= 0.6 is 0 Å². The van der Waals surface area contributed by atoms with Crippen LogP contribution in [0.3, 0.4) is 0 Å². The molecule has 220 valence electrons. The lowest BCUT2D eigenvalue weighted by molar-refractivity contribution is -0.141. The summed E-state index contributed by atoms with van der Waals surface area (Å²) >= 11 is 0. The van der Waals surface area contributed by atoms with E-state index in [-0.39, 0.29) is 49.5 Å². The summed E-state index contributed by atoms with van der Waals surface area (Å²) < 4.78 is 67.7. The molecule has 0 heterocycles. The zero-order valence-corrected chi connectivity index (χ0v) is 23.8. The van der Waals surface area contributed by atoms with E-state index in [0.29, 0.717) is 13.0 Å². The van der Waals surface area contributed by atoms with Crippen LogP contribution in [0.5, 0.6) is 0 Å². The predicted octanol–water partition coefficient (Wildman–Crippen LogP) is 4.82. The summed E-state index contributed by atoms with van der Waals surface area (Å²) in [5.74, 6) is -3.73. The van der Waals surface area contributed by atoms with Gasteiger partial charge in [-0.1, -0.05) is 55.5 Å². The molecule has 41 heavy (non-hydrogen) atoms. The highest BCUT2D eigenvalue weighted by Gasteiger charge is 2.31. The number of halogens is 3. The highest BCUT2D eigenvalue weighted by Crippen LogP contribution is 2.22. The van der Waals surface area contributed by atoms with Crippen LogP contribution in [-0.2, 0) is 32.6 Å². The highest BCUT2D eigenvalue weighted by molar-refractivity contribution is 7.92. The van der Waals surface area contributed by atoms with Gasteiger partial charge in [0.15, 0.2) is 11.6 Å². The SMILES string of the molecule is CCCNC(=O)[C@H](Cc1ccccc1)N(Cc1ccccc1F)C(=O)CCCN(c1ccc(F)c(F)c1)S(C)(=O)=O. The molecular formula is C30H34F3N3O4S. The van der Waals surface area contributed by atoms with Gasteiger partial charge in [0.1, 0.15) is 11.9 Å². The van der Waals surface area contributed by atoms with Gasteiger partial charge in [-0.05, 0) is 36.6 Å². The normalized spacial score (nSPS) is 12.0. The van der Waals surface area contributed by atoms with E-state index in [1.165, 1.54) is 23.1 Å². The van der Waals surface area contributed by atoms with Crippen LogP contribution in [0.25, 0.3) is 0 Å². The van der Waals surface area contributed by atoms with E-state index in [1.54, 1.807) is 6.07 Å². The standard InChI is InChI=1S/C30H34F3N3O4S/c1-3-17-34-30(38)28(19-22-10-5-4-6-11-22)35(21-23-12-7-8-13-25(23)31)29(37)14-9-18-36(41(2,39)40)24-15-16-26(32)27(33)20-24/h4-8,10-13,15-16,20,28H,3,9,14,17-19,21H2,1-2H3,(H,34,38)/t28-/m0/s1. The number of carbonyl (C=O) groups excluding carboxylic acids is 2. The lowest BCUT2D eigenvalue weighted by atomic mass is 10.0. The maximum atomic E-state index is 14.7. The van der Waals surface area contributed by atoms with Crippen molar-refractivity contribution in [3.8, 4) is 0 Å². The van der Waals surface area contributed by atoms with Crippen LogP contribution in [0, 0.1) is 17.5 Å². The molecule has 0 saturated carbocycles. The summed E-state index contributed by atoms with van der Waals surface area (Å²) in [6, 6.07) is 16.9. The van der Waals surface area contributed by atoms with Crippen molar-refractivity contribution >= 4 is 27.5 Å². The number of hydrogen-bond acceptors (Lipinski definition) is 4. The Morgan fingerprint density at radius 1 is 0.902 bits per heavy atom. The van der Waals surface area contributed by atoms with Gasteiger partial charge < -0.3 is 10.2 Å². The lowest BCUT2D eigenvalue weighted by Crippen LogP contribution is -2.50. The summed E-state index contributed by atoms with van der Waals surface area (Å²) in [5, 5.41) is 2.83. The molecule has 0 aromatic heterocycles. The predicted molar refractivity (Wildman–Crippen MR) is 152 cm³/mol. The molecule has 0 aliphatic heterocycles. The van der Waals surface area contributed by atoms with Crippen LogP contribution in [-0.4, -0.2) is 50.5 Å². The van der Waals surface area contributed by atoms with E-state index in [0.717, 1.165) is 34.3 Å². The van der Waals surface area contributed by atoms with Gasteiger partial charge in [-0.25, -0.2) is 21.6 Å². The van der Waals surface area contributed by atoms with E-state index in [9.17, 15) is 31.2 Å². The Morgan fingerprint density at radius 2 is 1.59 bits per heavy atom. The Labute approximate surface area is 239 Å². The Morgan fingerprint density at radius 3 is 2.22 bits per heavy atom. The maximum Gasteiger partial charge on any atom is 0.243 e. The Balaban J connectivity index is 1.88. The van der Waals surface area contributed by atoms with Crippen molar-refractivity contribution in [1.29, 1.82) is 0 Å². The molecule has 3 aromatic rings. The van der Waals surface area contributed by atoms with Gasteiger partial charge >= 0.3 is 0 Å². The molecule has 0 bridgehead atoms.